The Morgan fingerprint density at radius 3 is 2.71 bits per heavy atom. The van der Waals surface area contributed by atoms with Gasteiger partial charge in [-0.15, -0.1) is 11.3 Å². The zero-order valence-electron chi connectivity index (χ0n) is 10.8. The molecular formula is C13H8N4O2S2. The van der Waals surface area contributed by atoms with Crippen LogP contribution in [0.2, 0.25) is 0 Å². The molecule has 0 spiro atoms. The number of carbonyl (C=O) groups excluding carboxylic acids is 1. The minimum atomic E-state index is -0.407. The Morgan fingerprint density at radius 2 is 1.95 bits per heavy atom. The van der Waals surface area contributed by atoms with Crippen LogP contribution in [-0.2, 0) is 0 Å². The van der Waals surface area contributed by atoms with E-state index in [1.165, 1.54) is 23.8 Å². The molecule has 0 aliphatic rings. The van der Waals surface area contributed by atoms with Crippen molar-refractivity contribution in [2.45, 2.75) is 6.92 Å². The third kappa shape index (κ3) is 2.08. The van der Waals surface area contributed by atoms with Crippen molar-refractivity contribution in [3.05, 3.63) is 35.5 Å². The van der Waals surface area contributed by atoms with Gasteiger partial charge in [-0.1, -0.05) is 11.3 Å². The Hall–Kier alpha value is -2.32. The van der Waals surface area contributed by atoms with E-state index in [0.717, 1.165) is 25.4 Å². The van der Waals surface area contributed by atoms with E-state index in [-0.39, 0.29) is 5.89 Å². The third-order valence-electron chi connectivity index (χ3n) is 2.87. The molecular weight excluding hydrogens is 308 g/mol. The summed E-state index contributed by atoms with van der Waals surface area (Å²) in [7, 11) is 0. The zero-order valence-corrected chi connectivity index (χ0v) is 12.4. The maximum Gasteiger partial charge on any atom is 0.313 e. The van der Waals surface area contributed by atoms with E-state index in [1.54, 1.807) is 11.3 Å². The summed E-state index contributed by atoms with van der Waals surface area (Å²) >= 11 is 3.05. The molecule has 1 N–H and O–H groups in total. The number of hydrogen-bond acceptors (Lipinski definition) is 7. The summed E-state index contributed by atoms with van der Waals surface area (Å²) in [4.78, 5) is 24.6. The maximum absolute atomic E-state index is 11.9. The number of oxazole rings is 1. The third-order valence-corrected chi connectivity index (χ3v) is 5.00. The fourth-order valence-electron chi connectivity index (χ4n) is 2.02. The second-order valence-electron chi connectivity index (χ2n) is 4.31. The van der Waals surface area contributed by atoms with Crippen molar-refractivity contribution < 1.29 is 9.21 Å². The number of amides is 1. The van der Waals surface area contributed by atoms with E-state index in [9.17, 15) is 4.79 Å². The Bertz CT molecular complexity index is 955. The first-order chi connectivity index (χ1) is 10.2. The molecule has 21 heavy (non-hydrogen) atoms. The second-order valence-corrected chi connectivity index (χ2v) is 6.51. The van der Waals surface area contributed by atoms with Crippen molar-refractivity contribution in [3.63, 3.8) is 0 Å². The molecule has 1 amide bonds. The van der Waals surface area contributed by atoms with Gasteiger partial charge in [0.1, 0.15) is 6.26 Å². The van der Waals surface area contributed by atoms with E-state index >= 15 is 0 Å². The Balaban J connectivity index is 1.76. The lowest BCUT2D eigenvalue weighted by Gasteiger charge is -1.95. The predicted octanol–water partition coefficient (Wildman–Crippen LogP) is 3.45. The average Bonchev–Trinajstić information content (AvgIpc) is 3.14. The van der Waals surface area contributed by atoms with Gasteiger partial charge in [-0.3, -0.25) is 10.1 Å². The number of benzene rings is 1. The number of aromatic nitrogens is 3. The molecule has 0 saturated heterocycles. The first kappa shape index (κ1) is 12.4. The van der Waals surface area contributed by atoms with Gasteiger partial charge in [0.2, 0.25) is 0 Å². The molecule has 104 valence electrons. The molecule has 0 aliphatic heterocycles. The van der Waals surface area contributed by atoms with Gasteiger partial charge < -0.3 is 4.42 Å². The molecule has 0 fully saturated rings. The summed E-state index contributed by atoms with van der Waals surface area (Å²) < 4.78 is 7.09. The van der Waals surface area contributed by atoms with Gasteiger partial charge in [-0.25, -0.2) is 15.0 Å². The van der Waals surface area contributed by atoms with Crippen molar-refractivity contribution in [2.24, 2.45) is 0 Å². The SMILES string of the molecule is Cc1nc2ccc3nc(NC(=O)c4ncco4)sc3c2s1. The normalized spacial score (nSPS) is 11.3. The minimum absolute atomic E-state index is 0.0213. The minimum Gasteiger partial charge on any atom is -0.441 e. The van der Waals surface area contributed by atoms with Crippen LogP contribution in [0.5, 0.6) is 0 Å². The highest BCUT2D eigenvalue weighted by atomic mass is 32.1. The summed E-state index contributed by atoms with van der Waals surface area (Å²) in [6.07, 6.45) is 2.79. The quantitative estimate of drug-likeness (QED) is 0.612. The van der Waals surface area contributed by atoms with Crippen LogP contribution in [-0.4, -0.2) is 20.9 Å². The van der Waals surface area contributed by atoms with Crippen LogP contribution in [0.4, 0.5) is 5.13 Å². The lowest BCUT2D eigenvalue weighted by Crippen LogP contribution is -2.11. The monoisotopic (exact) mass is 316 g/mol. The molecule has 0 saturated carbocycles. The van der Waals surface area contributed by atoms with Crippen LogP contribution in [0.1, 0.15) is 15.7 Å². The number of nitrogens with zero attached hydrogens (tertiary/aromatic N) is 3. The van der Waals surface area contributed by atoms with Gasteiger partial charge in [-0.2, -0.15) is 0 Å². The van der Waals surface area contributed by atoms with Gasteiger partial charge in [0.25, 0.3) is 5.89 Å². The van der Waals surface area contributed by atoms with E-state index in [4.69, 9.17) is 4.42 Å². The van der Waals surface area contributed by atoms with Crippen LogP contribution < -0.4 is 5.32 Å². The summed E-state index contributed by atoms with van der Waals surface area (Å²) in [5.41, 5.74) is 1.80. The molecule has 3 heterocycles. The zero-order chi connectivity index (χ0) is 14.4. The van der Waals surface area contributed by atoms with Crippen molar-refractivity contribution in [1.29, 1.82) is 0 Å². The number of carbonyl (C=O) groups is 1. The topological polar surface area (TPSA) is 80.9 Å². The number of nitrogens with one attached hydrogen (secondary N) is 1. The molecule has 0 bridgehead atoms. The number of fused-ring (bicyclic) bond motifs is 3. The first-order valence-electron chi connectivity index (χ1n) is 6.08. The van der Waals surface area contributed by atoms with Gasteiger partial charge >= 0.3 is 5.91 Å². The lowest BCUT2D eigenvalue weighted by atomic mass is 10.3. The second kappa shape index (κ2) is 4.61. The molecule has 0 aliphatic carbocycles. The highest BCUT2D eigenvalue weighted by molar-refractivity contribution is 7.28. The van der Waals surface area contributed by atoms with Crippen LogP contribution in [0, 0.1) is 6.92 Å². The lowest BCUT2D eigenvalue weighted by molar-refractivity contribution is 0.0990. The van der Waals surface area contributed by atoms with Crippen molar-refractivity contribution in [3.8, 4) is 0 Å². The number of rotatable bonds is 2. The fraction of sp³-hybridized carbons (Fsp3) is 0.0769. The van der Waals surface area contributed by atoms with E-state index < -0.39 is 5.91 Å². The van der Waals surface area contributed by atoms with Crippen LogP contribution in [0.3, 0.4) is 0 Å². The molecule has 6 nitrogen and oxygen atoms in total. The van der Waals surface area contributed by atoms with Crippen LogP contribution in [0.25, 0.3) is 20.4 Å². The Kier molecular flexibility index (Phi) is 2.72. The van der Waals surface area contributed by atoms with Crippen molar-refractivity contribution in [1.82, 2.24) is 15.0 Å². The predicted molar refractivity (Wildman–Crippen MR) is 82.0 cm³/mol. The standard InChI is InChI=1S/C13H8N4O2S2/c1-6-15-7-2-3-8-10(9(7)20-6)21-13(16-8)17-11(18)12-14-4-5-19-12/h2-5H,1H3,(H,16,17,18). The first-order valence-corrected chi connectivity index (χ1v) is 7.71. The Labute approximate surface area is 126 Å². The smallest absolute Gasteiger partial charge is 0.313 e. The number of hydrogen-bond donors (Lipinski definition) is 1. The number of aryl methyl sites for hydroxylation is 1. The highest BCUT2D eigenvalue weighted by Crippen LogP contribution is 2.35. The molecule has 1 aromatic carbocycles. The average molecular weight is 316 g/mol. The molecule has 0 unspecified atom stereocenters. The van der Waals surface area contributed by atoms with Crippen molar-refractivity contribution in [2.75, 3.05) is 5.32 Å². The van der Waals surface area contributed by atoms with Crippen LogP contribution >= 0.6 is 22.7 Å². The van der Waals surface area contributed by atoms with E-state index in [1.807, 2.05) is 19.1 Å². The molecule has 3 aromatic heterocycles. The highest BCUT2D eigenvalue weighted by Gasteiger charge is 2.15. The summed E-state index contributed by atoms with van der Waals surface area (Å²) in [5.74, 6) is -0.385. The maximum atomic E-state index is 11.9. The van der Waals surface area contributed by atoms with Crippen molar-refractivity contribution >= 4 is 54.1 Å². The van der Waals surface area contributed by atoms with E-state index in [0.29, 0.717) is 5.13 Å². The number of anilines is 1. The van der Waals surface area contributed by atoms with Gasteiger partial charge in [-0.05, 0) is 19.1 Å². The van der Waals surface area contributed by atoms with Gasteiger partial charge in [0, 0.05) is 0 Å². The fourth-order valence-corrected chi connectivity index (χ4v) is 4.03. The molecule has 4 aromatic rings. The van der Waals surface area contributed by atoms with Crippen LogP contribution in [0.15, 0.2) is 29.0 Å². The van der Waals surface area contributed by atoms with Gasteiger partial charge in [0.05, 0.1) is 31.6 Å². The molecule has 4 rings (SSSR count). The molecule has 8 heteroatoms. The number of thiazole rings is 2. The Morgan fingerprint density at radius 1 is 1.19 bits per heavy atom. The van der Waals surface area contributed by atoms with Gasteiger partial charge in [0.15, 0.2) is 5.13 Å². The summed E-state index contributed by atoms with van der Waals surface area (Å²) in [5, 5.41) is 4.23. The largest absolute Gasteiger partial charge is 0.441 e. The van der Waals surface area contributed by atoms with E-state index in [2.05, 4.69) is 20.3 Å². The molecule has 0 radical (unpaired) electrons. The molecule has 0 atom stereocenters. The summed E-state index contributed by atoms with van der Waals surface area (Å²) in [6, 6.07) is 3.86. The summed E-state index contributed by atoms with van der Waals surface area (Å²) in [6.45, 7) is 1.97.